The molecule has 0 radical (unpaired) electrons. The minimum absolute atomic E-state index is 0.153. The van der Waals surface area contributed by atoms with Crippen LogP contribution in [0.5, 0.6) is 0 Å². The molecular weight excluding hydrogens is 238 g/mol. The summed E-state index contributed by atoms with van der Waals surface area (Å²) in [7, 11) is 0. The number of fused-ring (bicyclic) bond motifs is 1. The van der Waals surface area contributed by atoms with Gasteiger partial charge in [0.2, 0.25) is 0 Å². The first-order chi connectivity index (χ1) is 8.28. The van der Waals surface area contributed by atoms with Crippen molar-refractivity contribution in [2.75, 3.05) is 0 Å². The Morgan fingerprint density at radius 2 is 2.06 bits per heavy atom. The van der Waals surface area contributed by atoms with Crippen molar-refractivity contribution in [3.63, 3.8) is 0 Å². The Labute approximate surface area is 104 Å². The molecule has 0 aliphatic rings. The first-order valence-corrected chi connectivity index (χ1v) is 5.86. The topological polar surface area (TPSA) is 43.6 Å². The third-order valence-electron chi connectivity index (χ3n) is 2.64. The standard InChI is InChI=1S/C12H16F2N4/c1-7(2)10-15-5-9-8(3)17-18(11(9)16-10)6-12(4,13)14/h5,7H,6H2,1-4H3. The predicted octanol–water partition coefficient (Wildman–Crippen LogP) is 2.91. The van der Waals surface area contributed by atoms with Crippen LogP contribution in [0.3, 0.4) is 0 Å². The summed E-state index contributed by atoms with van der Waals surface area (Å²) in [5.74, 6) is -2.02. The van der Waals surface area contributed by atoms with E-state index < -0.39 is 12.5 Å². The van der Waals surface area contributed by atoms with Crippen molar-refractivity contribution in [3.8, 4) is 0 Å². The third kappa shape index (κ3) is 2.47. The Bertz CT molecular complexity index is 569. The van der Waals surface area contributed by atoms with E-state index in [-0.39, 0.29) is 5.92 Å². The van der Waals surface area contributed by atoms with Crippen LogP contribution in [-0.4, -0.2) is 25.7 Å². The zero-order chi connectivity index (χ0) is 13.5. The first-order valence-electron chi connectivity index (χ1n) is 5.86. The molecule has 0 aromatic carbocycles. The third-order valence-corrected chi connectivity index (χ3v) is 2.64. The highest BCUT2D eigenvalue weighted by atomic mass is 19.3. The maximum atomic E-state index is 13.1. The molecule has 0 saturated carbocycles. The van der Waals surface area contributed by atoms with Crippen LogP contribution in [0.25, 0.3) is 11.0 Å². The van der Waals surface area contributed by atoms with Crippen LogP contribution in [0.4, 0.5) is 8.78 Å². The van der Waals surface area contributed by atoms with Crippen LogP contribution in [0.1, 0.15) is 38.2 Å². The first kappa shape index (κ1) is 12.9. The molecule has 0 fully saturated rings. The summed E-state index contributed by atoms with van der Waals surface area (Å²) in [4.78, 5) is 8.56. The summed E-state index contributed by atoms with van der Waals surface area (Å²) < 4.78 is 27.5. The molecule has 0 amide bonds. The van der Waals surface area contributed by atoms with E-state index >= 15 is 0 Å². The van der Waals surface area contributed by atoms with Crippen LogP contribution in [0.2, 0.25) is 0 Å². The maximum Gasteiger partial charge on any atom is 0.264 e. The molecule has 0 atom stereocenters. The molecule has 0 aliphatic carbocycles. The number of aromatic nitrogens is 4. The van der Waals surface area contributed by atoms with Gasteiger partial charge in [-0.05, 0) is 6.92 Å². The Morgan fingerprint density at radius 3 is 2.61 bits per heavy atom. The molecule has 0 bridgehead atoms. The van der Waals surface area contributed by atoms with Gasteiger partial charge in [0.15, 0.2) is 5.65 Å². The highest BCUT2D eigenvalue weighted by molar-refractivity contribution is 5.77. The summed E-state index contributed by atoms with van der Waals surface area (Å²) in [6.07, 6.45) is 1.66. The smallest absolute Gasteiger partial charge is 0.241 e. The fourth-order valence-electron chi connectivity index (χ4n) is 1.77. The summed E-state index contributed by atoms with van der Waals surface area (Å²) >= 11 is 0. The van der Waals surface area contributed by atoms with Crippen molar-refractivity contribution >= 4 is 11.0 Å². The van der Waals surface area contributed by atoms with Crippen LogP contribution < -0.4 is 0 Å². The van der Waals surface area contributed by atoms with Crippen molar-refractivity contribution in [1.82, 2.24) is 19.7 Å². The zero-order valence-corrected chi connectivity index (χ0v) is 10.9. The molecular formula is C12H16F2N4. The molecule has 18 heavy (non-hydrogen) atoms. The van der Waals surface area contributed by atoms with Crippen molar-refractivity contribution in [2.24, 2.45) is 0 Å². The van der Waals surface area contributed by atoms with E-state index in [1.54, 1.807) is 13.1 Å². The lowest BCUT2D eigenvalue weighted by Gasteiger charge is -2.10. The van der Waals surface area contributed by atoms with Crippen molar-refractivity contribution in [1.29, 1.82) is 0 Å². The van der Waals surface area contributed by atoms with Gasteiger partial charge in [-0.2, -0.15) is 5.10 Å². The fraction of sp³-hybridized carbons (Fsp3) is 0.583. The Morgan fingerprint density at radius 1 is 1.39 bits per heavy atom. The van der Waals surface area contributed by atoms with Crippen molar-refractivity contribution in [3.05, 3.63) is 17.7 Å². The summed E-state index contributed by atoms with van der Waals surface area (Å²) in [6.45, 7) is 6.10. The molecule has 2 heterocycles. The Balaban J connectivity index is 2.56. The second-order valence-electron chi connectivity index (χ2n) is 4.93. The van der Waals surface area contributed by atoms with E-state index in [4.69, 9.17) is 0 Å². The molecule has 2 aromatic heterocycles. The Kier molecular flexibility index (Phi) is 3.04. The number of halogens is 2. The lowest BCUT2D eigenvalue weighted by Crippen LogP contribution is -2.20. The van der Waals surface area contributed by atoms with E-state index in [1.807, 2.05) is 13.8 Å². The van der Waals surface area contributed by atoms with E-state index in [0.29, 0.717) is 17.2 Å². The molecule has 2 rings (SSSR count). The largest absolute Gasteiger partial charge is 0.264 e. The van der Waals surface area contributed by atoms with Crippen LogP contribution >= 0.6 is 0 Å². The number of rotatable bonds is 3. The van der Waals surface area contributed by atoms with Gasteiger partial charge in [0.05, 0.1) is 11.1 Å². The quantitative estimate of drug-likeness (QED) is 0.845. The van der Waals surface area contributed by atoms with E-state index in [0.717, 1.165) is 12.3 Å². The number of hydrogen-bond donors (Lipinski definition) is 0. The highest BCUT2D eigenvalue weighted by Crippen LogP contribution is 2.21. The average Bonchev–Trinajstić information content (AvgIpc) is 2.53. The minimum atomic E-state index is -2.81. The molecule has 0 aliphatic heterocycles. The molecule has 2 aromatic rings. The minimum Gasteiger partial charge on any atom is -0.241 e. The molecule has 98 valence electrons. The number of alkyl halides is 2. The van der Waals surface area contributed by atoms with Crippen molar-refractivity contribution < 1.29 is 8.78 Å². The normalized spacial score (nSPS) is 12.6. The highest BCUT2D eigenvalue weighted by Gasteiger charge is 2.24. The van der Waals surface area contributed by atoms with E-state index in [1.165, 1.54) is 4.68 Å². The van der Waals surface area contributed by atoms with E-state index in [2.05, 4.69) is 15.1 Å². The van der Waals surface area contributed by atoms with Crippen LogP contribution in [0, 0.1) is 6.92 Å². The molecule has 0 saturated heterocycles. The summed E-state index contributed by atoms with van der Waals surface area (Å²) in [5, 5.41) is 4.84. The molecule has 4 nitrogen and oxygen atoms in total. The fourth-order valence-corrected chi connectivity index (χ4v) is 1.77. The number of nitrogens with zero attached hydrogens (tertiary/aromatic N) is 4. The van der Waals surface area contributed by atoms with Gasteiger partial charge >= 0.3 is 0 Å². The van der Waals surface area contributed by atoms with Gasteiger partial charge in [0.25, 0.3) is 5.92 Å². The molecule has 6 heteroatoms. The second-order valence-corrected chi connectivity index (χ2v) is 4.93. The van der Waals surface area contributed by atoms with Crippen LogP contribution in [-0.2, 0) is 6.54 Å². The van der Waals surface area contributed by atoms with Gasteiger partial charge in [-0.1, -0.05) is 13.8 Å². The van der Waals surface area contributed by atoms with Gasteiger partial charge in [-0.25, -0.2) is 23.4 Å². The van der Waals surface area contributed by atoms with Gasteiger partial charge in [0, 0.05) is 19.0 Å². The SMILES string of the molecule is Cc1nn(CC(C)(F)F)c2nc(C(C)C)ncc12. The van der Waals surface area contributed by atoms with Gasteiger partial charge < -0.3 is 0 Å². The molecule has 0 unspecified atom stereocenters. The van der Waals surface area contributed by atoms with E-state index in [9.17, 15) is 8.78 Å². The second kappa shape index (κ2) is 4.26. The lowest BCUT2D eigenvalue weighted by molar-refractivity contribution is 0.00159. The summed E-state index contributed by atoms with van der Waals surface area (Å²) in [6, 6.07) is 0. The number of hydrogen-bond acceptors (Lipinski definition) is 3. The lowest BCUT2D eigenvalue weighted by atomic mass is 10.2. The zero-order valence-electron chi connectivity index (χ0n) is 10.9. The van der Waals surface area contributed by atoms with Gasteiger partial charge in [-0.3, -0.25) is 0 Å². The van der Waals surface area contributed by atoms with Crippen molar-refractivity contribution in [2.45, 2.75) is 46.1 Å². The Hall–Kier alpha value is -1.59. The average molecular weight is 254 g/mol. The van der Waals surface area contributed by atoms with Gasteiger partial charge in [0.1, 0.15) is 12.4 Å². The van der Waals surface area contributed by atoms with Crippen LogP contribution in [0.15, 0.2) is 6.20 Å². The number of aryl methyl sites for hydroxylation is 1. The molecule has 0 spiro atoms. The molecule has 0 N–H and O–H groups in total. The summed E-state index contributed by atoms with van der Waals surface area (Å²) in [5.41, 5.74) is 1.15. The van der Waals surface area contributed by atoms with Gasteiger partial charge in [-0.15, -0.1) is 0 Å². The predicted molar refractivity (Wildman–Crippen MR) is 64.8 cm³/mol. The maximum absolute atomic E-state index is 13.1. The monoisotopic (exact) mass is 254 g/mol.